The van der Waals surface area contributed by atoms with Crippen molar-refractivity contribution in [2.75, 3.05) is 5.32 Å². The molecular formula is C51H41NO. The third kappa shape index (κ3) is 6.88. The summed E-state index contributed by atoms with van der Waals surface area (Å²) in [7, 11) is 0. The van der Waals surface area contributed by atoms with Crippen LogP contribution in [0.3, 0.4) is 0 Å². The van der Waals surface area contributed by atoms with Crippen molar-refractivity contribution < 1.29 is 4.42 Å². The van der Waals surface area contributed by atoms with Gasteiger partial charge < -0.3 is 9.73 Å². The molecule has 0 aliphatic heterocycles. The molecule has 2 nitrogen and oxygen atoms in total. The first-order valence-electron chi connectivity index (χ1n) is 18.2. The summed E-state index contributed by atoms with van der Waals surface area (Å²) in [5.74, 6) is 0. The second-order valence-corrected chi connectivity index (χ2v) is 13.5. The number of hydrogen-bond acceptors (Lipinski definition) is 2. The van der Waals surface area contributed by atoms with Crippen molar-refractivity contribution in [2.45, 2.75) is 20.8 Å². The number of nitrogens with one attached hydrogen (secondary N) is 1. The van der Waals surface area contributed by atoms with Gasteiger partial charge >= 0.3 is 0 Å². The number of hydrogen-bond donors (Lipinski definition) is 1. The summed E-state index contributed by atoms with van der Waals surface area (Å²) in [5.41, 5.74) is 17.3. The average molecular weight is 684 g/mol. The monoisotopic (exact) mass is 683 g/mol. The maximum Gasteiger partial charge on any atom is 0.158 e. The summed E-state index contributed by atoms with van der Waals surface area (Å²) in [4.78, 5) is 0. The number of aryl methyl sites for hydroxylation is 2. The Kier molecular flexibility index (Phi) is 9.43. The van der Waals surface area contributed by atoms with E-state index in [0.717, 1.165) is 44.3 Å². The van der Waals surface area contributed by atoms with Crippen molar-refractivity contribution in [3.63, 3.8) is 0 Å². The lowest BCUT2D eigenvalue weighted by Gasteiger charge is -2.17. The van der Waals surface area contributed by atoms with Gasteiger partial charge in [-0.25, -0.2) is 0 Å². The zero-order chi connectivity index (χ0) is 36.1. The maximum absolute atomic E-state index is 6.46. The maximum atomic E-state index is 6.46. The van der Waals surface area contributed by atoms with E-state index in [9.17, 15) is 0 Å². The summed E-state index contributed by atoms with van der Waals surface area (Å²) in [6, 6.07) is 55.6. The lowest BCUT2D eigenvalue weighted by molar-refractivity contribution is 0.670. The van der Waals surface area contributed by atoms with E-state index in [4.69, 9.17) is 4.42 Å². The van der Waals surface area contributed by atoms with Crippen molar-refractivity contribution in [1.29, 1.82) is 0 Å². The van der Waals surface area contributed by atoms with Crippen LogP contribution in [0.15, 0.2) is 187 Å². The summed E-state index contributed by atoms with van der Waals surface area (Å²) < 4.78 is 6.46. The van der Waals surface area contributed by atoms with Crippen molar-refractivity contribution in [3.8, 4) is 33.4 Å². The van der Waals surface area contributed by atoms with Gasteiger partial charge in [0.1, 0.15) is 5.58 Å². The number of para-hydroxylation sites is 1. The van der Waals surface area contributed by atoms with Crippen molar-refractivity contribution in [2.24, 2.45) is 0 Å². The molecule has 1 heterocycles. The molecule has 0 aliphatic carbocycles. The molecule has 0 saturated carbocycles. The Labute approximate surface area is 312 Å². The topological polar surface area (TPSA) is 25.2 Å². The second-order valence-electron chi connectivity index (χ2n) is 13.5. The summed E-state index contributed by atoms with van der Waals surface area (Å²) in [6.45, 7) is 6.64. The second kappa shape index (κ2) is 14.9. The van der Waals surface area contributed by atoms with Gasteiger partial charge in [0.25, 0.3) is 0 Å². The molecule has 1 N–H and O–H groups in total. The molecule has 8 aromatic rings. The predicted molar refractivity (Wildman–Crippen MR) is 227 cm³/mol. The van der Waals surface area contributed by atoms with Gasteiger partial charge in [0.2, 0.25) is 0 Å². The van der Waals surface area contributed by atoms with Crippen LogP contribution in [0, 0.1) is 20.8 Å². The highest BCUT2D eigenvalue weighted by Crippen LogP contribution is 2.38. The highest BCUT2D eigenvalue weighted by atomic mass is 16.3. The Morgan fingerprint density at radius 1 is 0.566 bits per heavy atom. The SMILES string of the molecule is Cc1ccccc1-c1cccc(-c2c(C)cccc2\C=C/C(=C\C=C\Nc2cccc3c2oc2cc(-c4ccccc4)ccc23)c2ccccc2)c1C. The van der Waals surface area contributed by atoms with E-state index in [0.29, 0.717) is 0 Å². The zero-order valence-corrected chi connectivity index (χ0v) is 30.3. The minimum atomic E-state index is 0.846. The van der Waals surface area contributed by atoms with Crippen LogP contribution < -0.4 is 5.32 Å². The number of rotatable bonds is 9. The van der Waals surface area contributed by atoms with Crippen LogP contribution >= 0.6 is 0 Å². The normalized spacial score (nSPS) is 12.0. The number of allylic oxidation sites excluding steroid dienone is 4. The van der Waals surface area contributed by atoms with E-state index >= 15 is 0 Å². The number of benzene rings is 7. The molecule has 2 heteroatoms. The zero-order valence-electron chi connectivity index (χ0n) is 30.3. The highest BCUT2D eigenvalue weighted by molar-refractivity contribution is 6.09. The quantitative estimate of drug-likeness (QED) is 0.153. The van der Waals surface area contributed by atoms with Crippen LogP contribution in [0.1, 0.15) is 27.8 Å². The Morgan fingerprint density at radius 3 is 2.09 bits per heavy atom. The molecule has 0 radical (unpaired) electrons. The van der Waals surface area contributed by atoms with Gasteiger partial charge in [0, 0.05) is 17.0 Å². The lowest BCUT2D eigenvalue weighted by atomic mass is 9.87. The molecule has 0 aliphatic rings. The van der Waals surface area contributed by atoms with Gasteiger partial charge in [0.05, 0.1) is 5.69 Å². The third-order valence-corrected chi connectivity index (χ3v) is 10.1. The van der Waals surface area contributed by atoms with Crippen LogP contribution in [0.2, 0.25) is 0 Å². The first-order chi connectivity index (χ1) is 26.0. The summed E-state index contributed by atoms with van der Waals surface area (Å²) >= 11 is 0. The van der Waals surface area contributed by atoms with E-state index in [2.05, 4.69) is 202 Å². The Balaban J connectivity index is 1.11. The molecule has 0 bridgehead atoms. The molecule has 8 rings (SSSR count). The van der Waals surface area contributed by atoms with Gasteiger partial charge in [-0.2, -0.15) is 0 Å². The molecular weight excluding hydrogens is 643 g/mol. The molecule has 7 aromatic carbocycles. The first-order valence-corrected chi connectivity index (χ1v) is 18.2. The van der Waals surface area contributed by atoms with Crippen LogP contribution in [-0.4, -0.2) is 0 Å². The molecule has 53 heavy (non-hydrogen) atoms. The molecule has 256 valence electrons. The fourth-order valence-corrected chi connectivity index (χ4v) is 7.34. The standard InChI is InChI=1S/C51H41NO/c1-35-16-10-11-24-43(35)44-25-13-26-45(37(44)3)50-36(2)17-12-22-41(50)30-29-40(38-18-6-4-7-19-38)23-15-33-52-48-28-14-27-47-46-32-31-42(34-49(46)53-51(47)48)39-20-8-5-9-21-39/h4-34,52H,1-3H3/b30-29-,33-15+,40-23+. The van der Waals surface area contributed by atoms with Gasteiger partial charge in [-0.3, -0.25) is 0 Å². The van der Waals surface area contributed by atoms with Crippen LogP contribution in [0.25, 0.3) is 67.0 Å². The third-order valence-electron chi connectivity index (χ3n) is 10.1. The number of anilines is 1. The summed E-state index contributed by atoms with van der Waals surface area (Å²) in [5, 5.41) is 5.70. The van der Waals surface area contributed by atoms with Crippen molar-refractivity contribution in [3.05, 3.63) is 210 Å². The van der Waals surface area contributed by atoms with Crippen LogP contribution in [0.5, 0.6) is 0 Å². The first kappa shape index (κ1) is 33.5. The fraction of sp³-hybridized carbons (Fsp3) is 0.0588. The molecule has 0 fully saturated rings. The molecule has 1 aromatic heterocycles. The van der Waals surface area contributed by atoms with Crippen LogP contribution in [0.4, 0.5) is 5.69 Å². The number of fused-ring (bicyclic) bond motifs is 3. The van der Waals surface area contributed by atoms with E-state index in [1.165, 1.54) is 50.1 Å². The molecule has 0 atom stereocenters. The predicted octanol–water partition coefficient (Wildman–Crippen LogP) is 14.2. The Hall–Kier alpha value is -6.64. The van der Waals surface area contributed by atoms with Gasteiger partial charge in [0.15, 0.2) is 5.58 Å². The lowest BCUT2D eigenvalue weighted by Crippen LogP contribution is -1.94. The van der Waals surface area contributed by atoms with Gasteiger partial charge in [-0.15, -0.1) is 0 Å². The molecule has 0 amide bonds. The molecule has 0 saturated heterocycles. The minimum absolute atomic E-state index is 0.846. The minimum Gasteiger partial charge on any atom is -0.454 e. The van der Waals surface area contributed by atoms with E-state index in [1.807, 2.05) is 12.3 Å². The van der Waals surface area contributed by atoms with Crippen LogP contribution in [-0.2, 0) is 0 Å². The summed E-state index contributed by atoms with van der Waals surface area (Å²) in [6.07, 6.45) is 10.7. The van der Waals surface area contributed by atoms with Crippen molar-refractivity contribution in [1.82, 2.24) is 0 Å². The average Bonchev–Trinajstić information content (AvgIpc) is 3.58. The Morgan fingerprint density at radius 2 is 1.26 bits per heavy atom. The molecule has 0 spiro atoms. The largest absolute Gasteiger partial charge is 0.454 e. The molecule has 0 unspecified atom stereocenters. The Bertz CT molecular complexity index is 2660. The van der Waals surface area contributed by atoms with E-state index in [1.54, 1.807) is 0 Å². The number of furan rings is 1. The smallest absolute Gasteiger partial charge is 0.158 e. The van der Waals surface area contributed by atoms with E-state index in [-0.39, 0.29) is 0 Å². The van der Waals surface area contributed by atoms with Gasteiger partial charge in [-0.1, -0.05) is 158 Å². The van der Waals surface area contributed by atoms with Gasteiger partial charge in [-0.05, 0) is 112 Å². The van der Waals surface area contributed by atoms with Crippen molar-refractivity contribution >= 4 is 39.3 Å². The highest BCUT2D eigenvalue weighted by Gasteiger charge is 2.14. The van der Waals surface area contributed by atoms with E-state index < -0.39 is 0 Å². The fourth-order valence-electron chi connectivity index (χ4n) is 7.34.